The molecule has 2 saturated heterocycles. The van der Waals surface area contributed by atoms with E-state index in [1.54, 1.807) is 0 Å². The molecule has 2 aliphatic heterocycles. The quantitative estimate of drug-likeness (QED) is 0.771. The molecule has 4 heteroatoms. The third kappa shape index (κ3) is 3.45. The molecule has 0 spiro atoms. The van der Waals surface area contributed by atoms with Crippen LogP contribution in [-0.4, -0.2) is 49.1 Å². The van der Waals surface area contributed by atoms with Crippen LogP contribution in [0.5, 0.6) is 0 Å². The first kappa shape index (κ1) is 13.8. The number of carbonyl (C=O) groups is 1. The minimum Gasteiger partial charge on any atom is -0.342 e. The molecule has 0 aromatic rings. The maximum atomic E-state index is 12.2. The summed E-state index contributed by atoms with van der Waals surface area (Å²) in [6.45, 7) is 10.1. The third-order valence-corrected chi connectivity index (χ3v) is 3.96. The van der Waals surface area contributed by atoms with Gasteiger partial charge in [-0.1, -0.05) is 20.8 Å². The standard InChI is InChI=1S/C14H27N3O/c1-14(2,3)13(18)17-8-5-11(6-9-17)16-12-4-7-15-10-12/h11-12,15-16H,4-10H2,1-3H3. The second-order valence-corrected chi connectivity index (χ2v) is 6.67. The summed E-state index contributed by atoms with van der Waals surface area (Å²) in [6, 6.07) is 1.23. The van der Waals surface area contributed by atoms with E-state index in [-0.39, 0.29) is 5.41 Å². The summed E-state index contributed by atoms with van der Waals surface area (Å²) in [7, 11) is 0. The Morgan fingerprint density at radius 1 is 1.17 bits per heavy atom. The van der Waals surface area contributed by atoms with E-state index in [1.165, 1.54) is 6.42 Å². The molecule has 18 heavy (non-hydrogen) atoms. The van der Waals surface area contributed by atoms with Gasteiger partial charge in [-0.15, -0.1) is 0 Å². The van der Waals surface area contributed by atoms with Gasteiger partial charge in [0.15, 0.2) is 0 Å². The Morgan fingerprint density at radius 3 is 2.33 bits per heavy atom. The number of rotatable bonds is 2. The Morgan fingerprint density at radius 2 is 1.83 bits per heavy atom. The topological polar surface area (TPSA) is 44.4 Å². The lowest BCUT2D eigenvalue weighted by molar-refractivity contribution is -0.140. The Bertz CT molecular complexity index is 284. The number of likely N-dealkylation sites (tertiary alicyclic amines) is 1. The van der Waals surface area contributed by atoms with Crippen molar-refractivity contribution in [2.75, 3.05) is 26.2 Å². The first-order valence-electron chi connectivity index (χ1n) is 7.23. The number of piperidine rings is 1. The van der Waals surface area contributed by atoms with Crippen molar-refractivity contribution in [3.8, 4) is 0 Å². The number of hydrogen-bond acceptors (Lipinski definition) is 3. The molecular formula is C14H27N3O. The van der Waals surface area contributed by atoms with Crippen molar-refractivity contribution >= 4 is 5.91 Å². The lowest BCUT2D eigenvalue weighted by atomic mass is 9.93. The van der Waals surface area contributed by atoms with Crippen molar-refractivity contribution in [2.45, 2.75) is 52.1 Å². The molecule has 1 amide bonds. The molecule has 2 rings (SSSR count). The highest BCUT2D eigenvalue weighted by Crippen LogP contribution is 2.21. The zero-order valence-corrected chi connectivity index (χ0v) is 12.0. The van der Waals surface area contributed by atoms with Gasteiger partial charge in [-0.2, -0.15) is 0 Å². The van der Waals surface area contributed by atoms with Crippen LogP contribution in [-0.2, 0) is 4.79 Å². The van der Waals surface area contributed by atoms with Crippen LogP contribution >= 0.6 is 0 Å². The molecule has 0 aliphatic carbocycles. The molecule has 0 radical (unpaired) electrons. The Labute approximate surface area is 110 Å². The smallest absolute Gasteiger partial charge is 0.227 e. The number of carbonyl (C=O) groups excluding carboxylic acids is 1. The molecule has 2 N–H and O–H groups in total. The molecule has 104 valence electrons. The first-order valence-corrected chi connectivity index (χ1v) is 7.23. The summed E-state index contributed by atoms with van der Waals surface area (Å²) in [4.78, 5) is 14.2. The van der Waals surface area contributed by atoms with Gasteiger partial charge >= 0.3 is 0 Å². The summed E-state index contributed by atoms with van der Waals surface area (Å²) in [5, 5.41) is 7.10. The molecule has 0 aromatic heterocycles. The van der Waals surface area contributed by atoms with Gasteiger partial charge in [0.1, 0.15) is 0 Å². The molecule has 0 saturated carbocycles. The highest BCUT2D eigenvalue weighted by atomic mass is 16.2. The number of nitrogens with one attached hydrogen (secondary N) is 2. The zero-order valence-electron chi connectivity index (χ0n) is 12.0. The summed E-state index contributed by atoms with van der Waals surface area (Å²) < 4.78 is 0. The Kier molecular flexibility index (Phi) is 4.28. The van der Waals surface area contributed by atoms with Crippen molar-refractivity contribution in [1.29, 1.82) is 0 Å². The maximum Gasteiger partial charge on any atom is 0.227 e. The van der Waals surface area contributed by atoms with Crippen LogP contribution in [0.4, 0.5) is 0 Å². The fourth-order valence-electron chi connectivity index (χ4n) is 2.85. The summed E-state index contributed by atoms with van der Waals surface area (Å²) in [5.74, 6) is 0.295. The Hall–Kier alpha value is -0.610. The SMILES string of the molecule is CC(C)(C)C(=O)N1CCC(NC2CCNC2)CC1. The van der Waals surface area contributed by atoms with E-state index in [4.69, 9.17) is 0 Å². The van der Waals surface area contributed by atoms with Crippen molar-refractivity contribution in [3.05, 3.63) is 0 Å². The number of hydrogen-bond donors (Lipinski definition) is 2. The van der Waals surface area contributed by atoms with E-state index in [1.807, 2.05) is 25.7 Å². The lowest BCUT2D eigenvalue weighted by Gasteiger charge is -2.36. The lowest BCUT2D eigenvalue weighted by Crippen LogP contribution is -2.50. The molecule has 0 bridgehead atoms. The van der Waals surface area contributed by atoms with Crippen molar-refractivity contribution in [3.63, 3.8) is 0 Å². The minimum atomic E-state index is -0.240. The Balaban J connectivity index is 1.75. The predicted molar refractivity (Wildman–Crippen MR) is 73.5 cm³/mol. The summed E-state index contributed by atoms with van der Waals surface area (Å²) in [5.41, 5.74) is -0.240. The van der Waals surface area contributed by atoms with Crippen LogP contribution in [0, 0.1) is 5.41 Å². The van der Waals surface area contributed by atoms with Crippen molar-refractivity contribution in [1.82, 2.24) is 15.5 Å². The second kappa shape index (κ2) is 5.57. The highest BCUT2D eigenvalue weighted by molar-refractivity contribution is 5.81. The van der Waals surface area contributed by atoms with E-state index in [2.05, 4.69) is 10.6 Å². The van der Waals surface area contributed by atoms with Gasteiger partial charge in [-0.3, -0.25) is 4.79 Å². The molecule has 2 aliphatic rings. The van der Waals surface area contributed by atoms with E-state index in [0.717, 1.165) is 39.0 Å². The fourth-order valence-corrected chi connectivity index (χ4v) is 2.85. The maximum absolute atomic E-state index is 12.2. The average molecular weight is 253 g/mol. The molecule has 4 nitrogen and oxygen atoms in total. The number of nitrogens with zero attached hydrogens (tertiary/aromatic N) is 1. The fraction of sp³-hybridized carbons (Fsp3) is 0.929. The van der Waals surface area contributed by atoms with Gasteiger partial charge in [-0.25, -0.2) is 0 Å². The van der Waals surface area contributed by atoms with Gasteiger partial charge in [0.2, 0.25) is 5.91 Å². The minimum absolute atomic E-state index is 0.240. The van der Waals surface area contributed by atoms with Crippen molar-refractivity contribution in [2.24, 2.45) is 5.41 Å². The molecule has 1 atom stereocenters. The van der Waals surface area contributed by atoms with Gasteiger partial charge in [0.25, 0.3) is 0 Å². The van der Waals surface area contributed by atoms with Crippen LogP contribution in [0.1, 0.15) is 40.0 Å². The van der Waals surface area contributed by atoms with Crippen LogP contribution in [0.15, 0.2) is 0 Å². The van der Waals surface area contributed by atoms with Crippen molar-refractivity contribution < 1.29 is 4.79 Å². The highest BCUT2D eigenvalue weighted by Gasteiger charge is 2.31. The van der Waals surface area contributed by atoms with E-state index < -0.39 is 0 Å². The van der Waals surface area contributed by atoms with Gasteiger partial charge < -0.3 is 15.5 Å². The van der Waals surface area contributed by atoms with Crippen LogP contribution in [0.3, 0.4) is 0 Å². The summed E-state index contributed by atoms with van der Waals surface area (Å²) in [6.07, 6.45) is 3.43. The van der Waals surface area contributed by atoms with E-state index in [0.29, 0.717) is 18.0 Å². The normalized spacial score (nSPS) is 26.6. The largest absolute Gasteiger partial charge is 0.342 e. The zero-order chi connectivity index (χ0) is 13.2. The monoisotopic (exact) mass is 253 g/mol. The van der Waals surface area contributed by atoms with E-state index >= 15 is 0 Å². The number of amides is 1. The summed E-state index contributed by atoms with van der Waals surface area (Å²) >= 11 is 0. The molecule has 0 aromatic carbocycles. The van der Waals surface area contributed by atoms with Crippen LogP contribution < -0.4 is 10.6 Å². The molecular weight excluding hydrogens is 226 g/mol. The van der Waals surface area contributed by atoms with E-state index in [9.17, 15) is 4.79 Å². The molecule has 2 heterocycles. The van der Waals surface area contributed by atoms with Crippen LogP contribution in [0.25, 0.3) is 0 Å². The average Bonchev–Trinajstić information content (AvgIpc) is 2.81. The molecule has 2 fully saturated rings. The molecule has 1 unspecified atom stereocenters. The van der Waals surface area contributed by atoms with Gasteiger partial charge in [-0.05, 0) is 25.8 Å². The predicted octanol–water partition coefficient (Wildman–Crippen LogP) is 0.975. The third-order valence-electron chi connectivity index (χ3n) is 3.96. The van der Waals surface area contributed by atoms with Gasteiger partial charge in [0, 0.05) is 37.1 Å². The van der Waals surface area contributed by atoms with Gasteiger partial charge in [0.05, 0.1) is 0 Å². The second-order valence-electron chi connectivity index (χ2n) is 6.67. The van der Waals surface area contributed by atoms with Crippen LogP contribution in [0.2, 0.25) is 0 Å². The first-order chi connectivity index (χ1) is 8.47.